The Morgan fingerprint density at radius 3 is 2.70 bits per heavy atom. The van der Waals surface area contributed by atoms with E-state index in [9.17, 15) is 13.6 Å². The Kier molecular flexibility index (Phi) is 5.53. The van der Waals surface area contributed by atoms with Crippen molar-refractivity contribution in [3.63, 3.8) is 0 Å². The van der Waals surface area contributed by atoms with E-state index in [0.29, 0.717) is 17.4 Å². The lowest BCUT2D eigenvalue weighted by Gasteiger charge is -2.29. The van der Waals surface area contributed by atoms with Crippen LogP contribution in [0.2, 0.25) is 0 Å². The zero-order chi connectivity index (χ0) is 17.0. The SMILES string of the molecule is CN(C)C=C/C(=C\C=O)c1cc2c(cc1C(F)F)N(C)CCC2. The highest BCUT2D eigenvalue weighted by molar-refractivity contribution is 5.88. The Bertz CT molecular complexity index is 636. The molecular weight excluding hydrogens is 298 g/mol. The van der Waals surface area contributed by atoms with Gasteiger partial charge in [0.1, 0.15) is 6.29 Å². The molecule has 23 heavy (non-hydrogen) atoms. The molecule has 0 N–H and O–H groups in total. The van der Waals surface area contributed by atoms with E-state index >= 15 is 0 Å². The second-order valence-corrected chi connectivity index (χ2v) is 5.93. The molecule has 0 amide bonds. The number of aldehydes is 1. The molecule has 0 aromatic heterocycles. The third-order valence-electron chi connectivity index (χ3n) is 3.95. The number of allylic oxidation sites excluding steroid dienone is 3. The largest absolute Gasteiger partial charge is 0.383 e. The first-order valence-electron chi connectivity index (χ1n) is 7.60. The van der Waals surface area contributed by atoms with Crippen molar-refractivity contribution >= 4 is 17.5 Å². The summed E-state index contributed by atoms with van der Waals surface area (Å²) in [4.78, 5) is 14.7. The lowest BCUT2D eigenvalue weighted by Crippen LogP contribution is -2.25. The lowest BCUT2D eigenvalue weighted by atomic mass is 9.92. The van der Waals surface area contributed by atoms with Crippen LogP contribution >= 0.6 is 0 Å². The summed E-state index contributed by atoms with van der Waals surface area (Å²) in [7, 11) is 5.59. The highest BCUT2D eigenvalue weighted by Gasteiger charge is 2.22. The van der Waals surface area contributed by atoms with Gasteiger partial charge in [-0.25, -0.2) is 8.78 Å². The molecule has 1 aliphatic rings. The molecule has 2 rings (SSSR count). The minimum absolute atomic E-state index is 0.0333. The first kappa shape index (κ1) is 17.2. The van der Waals surface area contributed by atoms with Crippen LogP contribution in [-0.2, 0) is 11.2 Å². The van der Waals surface area contributed by atoms with Gasteiger partial charge in [-0.05, 0) is 60.0 Å². The second-order valence-electron chi connectivity index (χ2n) is 5.93. The van der Waals surface area contributed by atoms with Crippen molar-refractivity contribution in [2.75, 3.05) is 32.6 Å². The van der Waals surface area contributed by atoms with Gasteiger partial charge in [0, 0.05) is 38.9 Å². The molecule has 0 aliphatic carbocycles. The summed E-state index contributed by atoms with van der Waals surface area (Å²) in [5.74, 6) is 0. The maximum absolute atomic E-state index is 13.6. The fourth-order valence-corrected chi connectivity index (χ4v) is 2.80. The quantitative estimate of drug-likeness (QED) is 0.470. The molecule has 0 unspecified atom stereocenters. The van der Waals surface area contributed by atoms with Crippen LogP contribution in [0.5, 0.6) is 0 Å². The summed E-state index contributed by atoms with van der Waals surface area (Å²) in [5.41, 5.74) is 2.80. The summed E-state index contributed by atoms with van der Waals surface area (Å²) in [5, 5.41) is 0. The molecule has 1 aliphatic heterocycles. The number of fused-ring (bicyclic) bond motifs is 1. The average Bonchev–Trinajstić information content (AvgIpc) is 2.50. The van der Waals surface area contributed by atoms with Crippen LogP contribution in [-0.4, -0.2) is 38.9 Å². The van der Waals surface area contributed by atoms with Crippen molar-refractivity contribution in [1.82, 2.24) is 4.90 Å². The number of benzene rings is 1. The number of rotatable bonds is 5. The van der Waals surface area contributed by atoms with E-state index in [2.05, 4.69) is 0 Å². The van der Waals surface area contributed by atoms with Crippen molar-refractivity contribution < 1.29 is 13.6 Å². The molecule has 0 saturated heterocycles. The third kappa shape index (κ3) is 3.97. The molecule has 1 heterocycles. The van der Waals surface area contributed by atoms with Crippen molar-refractivity contribution in [1.29, 1.82) is 0 Å². The monoisotopic (exact) mass is 320 g/mol. The molecule has 0 atom stereocenters. The smallest absolute Gasteiger partial charge is 0.264 e. The zero-order valence-electron chi connectivity index (χ0n) is 13.7. The fraction of sp³-hybridized carbons (Fsp3) is 0.389. The van der Waals surface area contributed by atoms with E-state index < -0.39 is 6.43 Å². The van der Waals surface area contributed by atoms with Gasteiger partial charge in [-0.15, -0.1) is 0 Å². The minimum Gasteiger partial charge on any atom is -0.383 e. The van der Waals surface area contributed by atoms with Gasteiger partial charge in [-0.3, -0.25) is 4.79 Å². The topological polar surface area (TPSA) is 23.6 Å². The standard InChI is InChI=1S/C18H22F2N2O/c1-21(2)9-6-13(7-10-23)15-11-14-5-4-8-22(3)17(14)12-16(15)18(19)20/h6-7,9-12,18H,4-5,8H2,1-3H3/b9-6?,13-7+. The van der Waals surface area contributed by atoms with E-state index in [1.54, 1.807) is 23.2 Å². The molecule has 0 fully saturated rings. The van der Waals surface area contributed by atoms with Gasteiger partial charge in [0.15, 0.2) is 0 Å². The van der Waals surface area contributed by atoms with Gasteiger partial charge in [-0.2, -0.15) is 0 Å². The van der Waals surface area contributed by atoms with Crippen LogP contribution in [0.3, 0.4) is 0 Å². The van der Waals surface area contributed by atoms with Gasteiger partial charge in [0.25, 0.3) is 6.43 Å². The highest BCUT2D eigenvalue weighted by Crippen LogP contribution is 2.36. The average molecular weight is 320 g/mol. The molecule has 0 radical (unpaired) electrons. The van der Waals surface area contributed by atoms with Gasteiger partial charge in [0.2, 0.25) is 0 Å². The van der Waals surface area contributed by atoms with Crippen LogP contribution in [0.25, 0.3) is 5.57 Å². The van der Waals surface area contributed by atoms with Crippen molar-refractivity contribution in [3.05, 3.63) is 47.2 Å². The van der Waals surface area contributed by atoms with E-state index in [1.165, 1.54) is 6.08 Å². The number of hydrogen-bond acceptors (Lipinski definition) is 3. The number of carbonyl (C=O) groups is 1. The van der Waals surface area contributed by atoms with Crippen molar-refractivity contribution in [2.45, 2.75) is 19.3 Å². The van der Waals surface area contributed by atoms with E-state index in [4.69, 9.17) is 0 Å². The number of aryl methyl sites for hydroxylation is 1. The Morgan fingerprint density at radius 2 is 2.09 bits per heavy atom. The Labute approximate surface area is 135 Å². The summed E-state index contributed by atoms with van der Waals surface area (Å²) in [6.07, 6.45) is 4.67. The summed E-state index contributed by atoms with van der Waals surface area (Å²) >= 11 is 0. The van der Waals surface area contributed by atoms with Gasteiger partial charge in [0.05, 0.1) is 0 Å². The predicted octanol–water partition coefficient (Wildman–Crippen LogP) is 3.66. The summed E-state index contributed by atoms with van der Waals surface area (Å²) in [6, 6.07) is 3.37. The van der Waals surface area contributed by atoms with Crippen LogP contribution < -0.4 is 4.90 Å². The molecule has 0 saturated carbocycles. The Balaban J connectivity index is 2.59. The molecule has 1 aromatic rings. The molecular formula is C18H22F2N2O. The first-order chi connectivity index (χ1) is 10.9. The van der Waals surface area contributed by atoms with Crippen molar-refractivity contribution in [3.8, 4) is 0 Å². The first-order valence-corrected chi connectivity index (χ1v) is 7.60. The summed E-state index contributed by atoms with van der Waals surface area (Å²) < 4.78 is 27.1. The molecule has 0 spiro atoms. The molecule has 3 nitrogen and oxygen atoms in total. The van der Waals surface area contributed by atoms with E-state index in [-0.39, 0.29) is 5.56 Å². The number of alkyl halides is 2. The van der Waals surface area contributed by atoms with E-state index in [0.717, 1.165) is 30.6 Å². The maximum Gasteiger partial charge on any atom is 0.264 e. The maximum atomic E-state index is 13.6. The molecule has 1 aromatic carbocycles. The zero-order valence-corrected chi connectivity index (χ0v) is 13.7. The van der Waals surface area contributed by atoms with Crippen LogP contribution in [0.4, 0.5) is 14.5 Å². The highest BCUT2D eigenvalue weighted by atomic mass is 19.3. The number of anilines is 1. The summed E-state index contributed by atoms with van der Waals surface area (Å²) in [6.45, 7) is 0.868. The van der Waals surface area contributed by atoms with Gasteiger partial charge < -0.3 is 9.80 Å². The van der Waals surface area contributed by atoms with Crippen LogP contribution in [0, 0.1) is 0 Å². The predicted molar refractivity (Wildman–Crippen MR) is 89.9 cm³/mol. The number of nitrogens with zero attached hydrogens (tertiary/aromatic N) is 2. The number of carbonyl (C=O) groups excluding carboxylic acids is 1. The molecule has 0 bridgehead atoms. The van der Waals surface area contributed by atoms with Crippen LogP contribution in [0.15, 0.2) is 30.5 Å². The van der Waals surface area contributed by atoms with Gasteiger partial charge in [-0.1, -0.05) is 0 Å². The minimum atomic E-state index is -2.59. The lowest BCUT2D eigenvalue weighted by molar-refractivity contribution is -0.104. The normalized spacial score (nSPS) is 15.2. The third-order valence-corrected chi connectivity index (χ3v) is 3.95. The molecule has 124 valence electrons. The van der Waals surface area contributed by atoms with Crippen LogP contribution in [0.1, 0.15) is 29.5 Å². The molecule has 5 heteroatoms. The second kappa shape index (κ2) is 7.40. The Morgan fingerprint density at radius 1 is 1.35 bits per heavy atom. The van der Waals surface area contributed by atoms with Crippen molar-refractivity contribution in [2.24, 2.45) is 0 Å². The Hall–Kier alpha value is -2.17. The van der Waals surface area contributed by atoms with E-state index in [1.807, 2.05) is 32.1 Å². The number of halogens is 2. The number of hydrogen-bond donors (Lipinski definition) is 0. The van der Waals surface area contributed by atoms with Gasteiger partial charge >= 0.3 is 0 Å². The fourth-order valence-electron chi connectivity index (χ4n) is 2.80.